The molecule has 1 aromatic carbocycles. The van der Waals surface area contributed by atoms with E-state index in [1.54, 1.807) is 17.0 Å². The number of aromatic hydroxyl groups is 1. The van der Waals surface area contributed by atoms with Crippen molar-refractivity contribution in [1.29, 1.82) is 0 Å². The number of hydrogen-bond donors (Lipinski definition) is 2. The molecule has 0 atom stereocenters. The van der Waals surface area contributed by atoms with Gasteiger partial charge in [0.15, 0.2) is 0 Å². The smallest absolute Gasteiger partial charge is 0.314 e. The molecular weight excluding hydrogens is 396 g/mol. The second-order valence-corrected chi connectivity index (χ2v) is 9.40. The second kappa shape index (κ2) is 19.9. The molecule has 32 heavy (non-hydrogen) atoms. The Balaban J connectivity index is 1.90. The van der Waals surface area contributed by atoms with Crippen LogP contribution in [0, 0.1) is 0 Å². The molecule has 2 amide bonds. The summed E-state index contributed by atoms with van der Waals surface area (Å²) in [5.74, 6) is 0.288. The van der Waals surface area contributed by atoms with Crippen LogP contribution < -0.4 is 5.73 Å². The number of amides is 2. The maximum atomic E-state index is 11.7. The summed E-state index contributed by atoms with van der Waals surface area (Å²) in [4.78, 5) is 13.5. The Morgan fingerprint density at radius 1 is 0.688 bits per heavy atom. The normalized spacial score (nSPS) is 11.0. The van der Waals surface area contributed by atoms with Crippen molar-refractivity contribution in [3.8, 4) is 5.75 Å². The van der Waals surface area contributed by atoms with Gasteiger partial charge in [0.2, 0.25) is 0 Å². The van der Waals surface area contributed by atoms with Crippen LogP contribution in [0.5, 0.6) is 5.75 Å². The molecule has 4 nitrogen and oxygen atoms in total. The van der Waals surface area contributed by atoms with Gasteiger partial charge in [-0.3, -0.25) is 0 Å². The summed E-state index contributed by atoms with van der Waals surface area (Å²) in [6.07, 6.45) is 23.4. The average molecular weight is 447 g/mol. The van der Waals surface area contributed by atoms with Crippen molar-refractivity contribution >= 4 is 6.03 Å². The van der Waals surface area contributed by atoms with Gasteiger partial charge in [0, 0.05) is 13.1 Å². The van der Waals surface area contributed by atoms with Gasteiger partial charge in [-0.2, -0.15) is 0 Å². The third kappa shape index (κ3) is 16.0. The summed E-state index contributed by atoms with van der Waals surface area (Å²) in [5.41, 5.74) is 6.73. The van der Waals surface area contributed by atoms with E-state index in [9.17, 15) is 9.90 Å². The number of carbonyl (C=O) groups is 1. The summed E-state index contributed by atoms with van der Waals surface area (Å²) >= 11 is 0. The van der Waals surface area contributed by atoms with Crippen LogP contribution >= 0.6 is 0 Å². The van der Waals surface area contributed by atoms with Gasteiger partial charge >= 0.3 is 6.03 Å². The Morgan fingerprint density at radius 2 is 1.09 bits per heavy atom. The fourth-order valence-corrected chi connectivity index (χ4v) is 4.32. The second-order valence-electron chi connectivity index (χ2n) is 9.40. The van der Waals surface area contributed by atoms with Crippen molar-refractivity contribution in [3.05, 3.63) is 29.8 Å². The van der Waals surface area contributed by atoms with Gasteiger partial charge in [0.1, 0.15) is 5.75 Å². The number of phenolic OH excluding ortho intramolecular Hbond substituents is 1. The molecule has 1 rings (SSSR count). The van der Waals surface area contributed by atoms with Crippen molar-refractivity contribution in [1.82, 2.24) is 4.90 Å². The lowest BCUT2D eigenvalue weighted by Crippen LogP contribution is -2.37. The summed E-state index contributed by atoms with van der Waals surface area (Å²) in [6.45, 7) is 3.75. The van der Waals surface area contributed by atoms with Crippen LogP contribution in [0.4, 0.5) is 4.79 Å². The Bertz CT molecular complexity index is 559. The lowest BCUT2D eigenvalue weighted by Gasteiger charge is -2.20. The lowest BCUT2D eigenvalue weighted by atomic mass is 10.0. The molecule has 0 saturated carbocycles. The molecule has 1 aromatic rings. The standard InChI is InChI=1S/C28H50N2O2/c1-2-3-4-5-6-7-8-9-10-11-12-13-14-15-16-17-24-30(28(29)32)25-18-19-26-20-22-27(31)23-21-26/h20-23,31H,2-19,24-25H2,1H3,(H2,29,32). The zero-order valence-corrected chi connectivity index (χ0v) is 20.8. The van der Waals surface area contributed by atoms with E-state index >= 15 is 0 Å². The van der Waals surface area contributed by atoms with Crippen LogP contribution in [0.1, 0.15) is 122 Å². The molecule has 3 N–H and O–H groups in total. The first kappa shape index (κ1) is 28.3. The zero-order chi connectivity index (χ0) is 23.3. The summed E-state index contributed by atoms with van der Waals surface area (Å²) in [7, 11) is 0. The van der Waals surface area contributed by atoms with Crippen molar-refractivity contribution in [2.75, 3.05) is 13.1 Å². The maximum absolute atomic E-state index is 11.7. The van der Waals surface area contributed by atoms with E-state index in [2.05, 4.69) is 6.92 Å². The molecule has 0 saturated heterocycles. The molecule has 0 spiro atoms. The fraction of sp³-hybridized carbons (Fsp3) is 0.750. The largest absolute Gasteiger partial charge is 0.508 e. The first-order valence-corrected chi connectivity index (χ1v) is 13.5. The molecule has 0 heterocycles. The van der Waals surface area contributed by atoms with E-state index in [4.69, 9.17) is 5.73 Å². The van der Waals surface area contributed by atoms with Gasteiger partial charge in [-0.1, -0.05) is 115 Å². The van der Waals surface area contributed by atoms with Gasteiger partial charge in [-0.15, -0.1) is 0 Å². The van der Waals surface area contributed by atoms with E-state index in [0.29, 0.717) is 6.54 Å². The third-order valence-corrected chi connectivity index (χ3v) is 6.42. The van der Waals surface area contributed by atoms with E-state index < -0.39 is 0 Å². The summed E-state index contributed by atoms with van der Waals surface area (Å²) in [5, 5.41) is 9.34. The molecule has 0 aromatic heterocycles. The van der Waals surface area contributed by atoms with Crippen LogP contribution in [-0.2, 0) is 6.42 Å². The van der Waals surface area contributed by atoms with Crippen LogP contribution in [0.3, 0.4) is 0 Å². The highest BCUT2D eigenvalue weighted by molar-refractivity contribution is 5.71. The van der Waals surface area contributed by atoms with Crippen LogP contribution in [0.15, 0.2) is 24.3 Å². The molecule has 0 unspecified atom stereocenters. The molecule has 0 fully saturated rings. The minimum absolute atomic E-state index is 0.288. The molecular formula is C28H50N2O2. The number of nitrogens with zero attached hydrogens (tertiary/aromatic N) is 1. The monoisotopic (exact) mass is 446 g/mol. The number of urea groups is 1. The minimum atomic E-state index is -0.309. The highest BCUT2D eigenvalue weighted by Crippen LogP contribution is 2.14. The van der Waals surface area contributed by atoms with Gasteiger partial charge in [-0.05, 0) is 37.0 Å². The number of primary amides is 1. The lowest BCUT2D eigenvalue weighted by molar-refractivity contribution is 0.205. The van der Waals surface area contributed by atoms with Crippen LogP contribution in [0.2, 0.25) is 0 Å². The Kier molecular flexibility index (Phi) is 17.6. The van der Waals surface area contributed by atoms with E-state index in [1.165, 1.54) is 102 Å². The molecule has 4 heteroatoms. The van der Waals surface area contributed by atoms with Crippen LogP contribution in [-0.4, -0.2) is 29.1 Å². The molecule has 0 aliphatic heterocycles. The van der Waals surface area contributed by atoms with Gasteiger partial charge in [-0.25, -0.2) is 4.79 Å². The van der Waals surface area contributed by atoms with Gasteiger partial charge in [0.05, 0.1) is 0 Å². The zero-order valence-electron chi connectivity index (χ0n) is 20.8. The molecule has 184 valence electrons. The predicted molar refractivity (Wildman–Crippen MR) is 137 cm³/mol. The number of carbonyl (C=O) groups excluding carboxylic acids is 1. The maximum Gasteiger partial charge on any atom is 0.314 e. The summed E-state index contributed by atoms with van der Waals surface area (Å²) < 4.78 is 0. The minimum Gasteiger partial charge on any atom is -0.508 e. The first-order chi connectivity index (χ1) is 15.6. The quantitative estimate of drug-likeness (QED) is 0.188. The van der Waals surface area contributed by atoms with Gasteiger partial charge < -0.3 is 15.7 Å². The van der Waals surface area contributed by atoms with Crippen LogP contribution in [0.25, 0.3) is 0 Å². The van der Waals surface area contributed by atoms with Crippen molar-refractivity contribution in [2.45, 2.75) is 122 Å². The topological polar surface area (TPSA) is 66.6 Å². The van der Waals surface area contributed by atoms with Crippen molar-refractivity contribution in [3.63, 3.8) is 0 Å². The van der Waals surface area contributed by atoms with E-state index in [-0.39, 0.29) is 11.8 Å². The molecule has 0 bridgehead atoms. The van der Waals surface area contributed by atoms with Gasteiger partial charge in [0.25, 0.3) is 0 Å². The number of phenols is 1. The number of aryl methyl sites for hydroxylation is 1. The number of benzene rings is 1. The Morgan fingerprint density at radius 3 is 1.53 bits per heavy atom. The summed E-state index contributed by atoms with van der Waals surface area (Å²) in [6, 6.07) is 6.96. The predicted octanol–water partition coefficient (Wildman–Crippen LogP) is 7.97. The van der Waals surface area contributed by atoms with E-state index in [1.807, 2.05) is 12.1 Å². The van der Waals surface area contributed by atoms with Crippen molar-refractivity contribution < 1.29 is 9.90 Å². The number of nitrogens with two attached hydrogens (primary N) is 1. The fourth-order valence-electron chi connectivity index (χ4n) is 4.32. The highest BCUT2D eigenvalue weighted by Gasteiger charge is 2.08. The Labute approximate surface area is 198 Å². The van der Waals surface area contributed by atoms with E-state index in [0.717, 1.165) is 25.8 Å². The first-order valence-electron chi connectivity index (χ1n) is 13.5. The molecule has 0 radical (unpaired) electrons. The SMILES string of the molecule is CCCCCCCCCCCCCCCCCCN(CCCc1ccc(O)cc1)C(N)=O. The molecule has 0 aliphatic rings. The third-order valence-electron chi connectivity index (χ3n) is 6.42. The number of hydrogen-bond acceptors (Lipinski definition) is 2. The Hall–Kier alpha value is -1.71. The van der Waals surface area contributed by atoms with Crippen molar-refractivity contribution in [2.24, 2.45) is 5.73 Å². The molecule has 0 aliphatic carbocycles. The number of unbranched alkanes of at least 4 members (excludes halogenated alkanes) is 15. The number of rotatable bonds is 21. The average Bonchev–Trinajstić information content (AvgIpc) is 2.78. The highest BCUT2D eigenvalue weighted by atomic mass is 16.3.